The van der Waals surface area contributed by atoms with Gasteiger partial charge in [0.1, 0.15) is 22.1 Å². The molecule has 3 heterocycles. The van der Waals surface area contributed by atoms with Crippen LogP contribution in [0, 0.1) is 5.92 Å². The van der Waals surface area contributed by atoms with Gasteiger partial charge in [-0.1, -0.05) is 18.5 Å². The molecule has 1 amide bonds. The number of furan rings is 1. The SMILES string of the molecule is COc1cc(OC)c2c(c1Cl)OC1(C(=O)C=C(N3CCN(C(=O)c4ccco4)CC3)CC1C)C2=O. The summed E-state index contributed by atoms with van der Waals surface area (Å²) in [7, 11) is 2.88. The second-order valence-corrected chi connectivity index (χ2v) is 9.21. The van der Waals surface area contributed by atoms with Gasteiger partial charge in [0.15, 0.2) is 11.5 Å². The molecule has 1 spiro atoms. The molecule has 1 aliphatic carbocycles. The van der Waals surface area contributed by atoms with Crippen LogP contribution in [0.25, 0.3) is 0 Å². The van der Waals surface area contributed by atoms with Crippen LogP contribution in [-0.2, 0) is 4.79 Å². The van der Waals surface area contributed by atoms with Gasteiger partial charge in [-0.3, -0.25) is 14.4 Å². The lowest BCUT2D eigenvalue weighted by Crippen LogP contribution is -2.56. The van der Waals surface area contributed by atoms with E-state index in [1.54, 1.807) is 17.0 Å². The molecule has 0 saturated carbocycles. The van der Waals surface area contributed by atoms with Crippen LogP contribution >= 0.6 is 11.6 Å². The topological polar surface area (TPSA) is 98.5 Å². The Labute approximate surface area is 207 Å². The minimum Gasteiger partial charge on any atom is -0.496 e. The summed E-state index contributed by atoms with van der Waals surface area (Å²) in [6.07, 6.45) is 3.42. The smallest absolute Gasteiger partial charge is 0.289 e. The van der Waals surface area contributed by atoms with Gasteiger partial charge in [0.25, 0.3) is 5.91 Å². The van der Waals surface area contributed by atoms with Gasteiger partial charge in [0.2, 0.25) is 17.2 Å². The van der Waals surface area contributed by atoms with Crippen molar-refractivity contribution in [3.63, 3.8) is 0 Å². The van der Waals surface area contributed by atoms with Crippen LogP contribution in [0.5, 0.6) is 17.2 Å². The lowest BCUT2D eigenvalue weighted by atomic mass is 9.74. The zero-order chi connectivity index (χ0) is 24.9. The summed E-state index contributed by atoms with van der Waals surface area (Å²) in [5.74, 6) is -0.548. The molecule has 0 bridgehead atoms. The van der Waals surface area contributed by atoms with Gasteiger partial charge in [-0.05, 0) is 18.6 Å². The first-order chi connectivity index (χ1) is 16.8. The van der Waals surface area contributed by atoms with Crippen molar-refractivity contribution in [1.29, 1.82) is 0 Å². The lowest BCUT2D eigenvalue weighted by Gasteiger charge is -2.41. The van der Waals surface area contributed by atoms with E-state index in [9.17, 15) is 14.4 Å². The van der Waals surface area contributed by atoms with E-state index in [2.05, 4.69) is 4.90 Å². The van der Waals surface area contributed by atoms with E-state index in [1.165, 1.54) is 32.6 Å². The van der Waals surface area contributed by atoms with Gasteiger partial charge < -0.3 is 28.4 Å². The summed E-state index contributed by atoms with van der Waals surface area (Å²) < 4.78 is 22.0. The van der Waals surface area contributed by atoms with E-state index in [1.807, 2.05) is 6.92 Å². The zero-order valence-corrected chi connectivity index (χ0v) is 20.4. The molecular formula is C25H25ClN2O7. The van der Waals surface area contributed by atoms with Crippen LogP contribution < -0.4 is 14.2 Å². The van der Waals surface area contributed by atoms with Crippen molar-refractivity contribution in [2.24, 2.45) is 5.92 Å². The van der Waals surface area contributed by atoms with Crippen molar-refractivity contribution in [2.45, 2.75) is 18.9 Å². The highest BCUT2D eigenvalue weighted by Gasteiger charge is 2.60. The fourth-order valence-electron chi connectivity index (χ4n) is 5.08. The van der Waals surface area contributed by atoms with Crippen LogP contribution in [0.4, 0.5) is 0 Å². The molecule has 1 saturated heterocycles. The average Bonchev–Trinajstić information content (AvgIpc) is 3.51. The molecule has 1 aromatic carbocycles. The molecule has 10 heteroatoms. The van der Waals surface area contributed by atoms with Gasteiger partial charge in [-0.15, -0.1) is 0 Å². The number of methoxy groups -OCH3 is 2. The van der Waals surface area contributed by atoms with E-state index in [4.69, 9.17) is 30.2 Å². The summed E-state index contributed by atoms with van der Waals surface area (Å²) in [4.78, 5) is 43.5. The molecule has 2 aromatic rings. The summed E-state index contributed by atoms with van der Waals surface area (Å²) in [6.45, 7) is 3.95. The highest BCUT2D eigenvalue weighted by Crippen LogP contribution is 2.53. The van der Waals surface area contributed by atoms with Gasteiger partial charge in [-0.2, -0.15) is 0 Å². The quantitative estimate of drug-likeness (QED) is 0.590. The number of rotatable bonds is 4. The number of fused-ring (bicyclic) bond motifs is 1. The highest BCUT2D eigenvalue weighted by atomic mass is 35.5. The number of halogens is 1. The van der Waals surface area contributed by atoms with Crippen LogP contribution in [0.15, 0.2) is 40.7 Å². The molecule has 2 aliphatic heterocycles. The second kappa shape index (κ2) is 8.64. The Morgan fingerprint density at radius 1 is 1.14 bits per heavy atom. The van der Waals surface area contributed by atoms with Crippen LogP contribution in [0.3, 0.4) is 0 Å². The molecule has 35 heavy (non-hydrogen) atoms. The lowest BCUT2D eigenvalue weighted by molar-refractivity contribution is -0.129. The molecule has 3 aliphatic rings. The van der Waals surface area contributed by atoms with Gasteiger partial charge in [0, 0.05) is 49.9 Å². The first-order valence-electron chi connectivity index (χ1n) is 11.3. The standard InChI is InChI=1S/C25H25ClN2O7/c1-14-11-15(27-6-8-28(9-7-27)24(31)16-5-4-10-34-16)12-19(29)25(14)23(30)20-17(32-2)13-18(33-3)21(26)22(20)35-25/h4-5,10,12-14H,6-9,11H2,1-3H3. The number of carbonyl (C=O) groups excluding carboxylic acids is 3. The molecule has 0 radical (unpaired) electrons. The fourth-order valence-corrected chi connectivity index (χ4v) is 5.34. The summed E-state index contributed by atoms with van der Waals surface area (Å²) in [6, 6.07) is 4.85. The molecular weight excluding hydrogens is 476 g/mol. The Hall–Kier alpha value is -3.46. The van der Waals surface area contributed by atoms with Crippen molar-refractivity contribution >= 4 is 29.1 Å². The molecule has 1 fully saturated rings. The van der Waals surface area contributed by atoms with Crippen LogP contribution in [0.2, 0.25) is 5.02 Å². The Balaban J connectivity index is 1.38. The normalized spacial score (nSPS) is 23.8. The van der Waals surface area contributed by atoms with Crippen molar-refractivity contribution in [2.75, 3.05) is 40.4 Å². The number of nitrogens with zero attached hydrogens (tertiary/aromatic N) is 2. The monoisotopic (exact) mass is 500 g/mol. The largest absolute Gasteiger partial charge is 0.496 e. The number of carbonyl (C=O) groups is 3. The number of hydrogen-bond donors (Lipinski definition) is 0. The third-order valence-electron chi connectivity index (χ3n) is 7.00. The Kier molecular flexibility index (Phi) is 5.75. The highest BCUT2D eigenvalue weighted by molar-refractivity contribution is 6.36. The number of allylic oxidation sites excluding steroid dienone is 1. The average molecular weight is 501 g/mol. The Morgan fingerprint density at radius 3 is 2.46 bits per heavy atom. The number of amides is 1. The first kappa shape index (κ1) is 23.3. The van der Waals surface area contributed by atoms with E-state index < -0.39 is 23.1 Å². The van der Waals surface area contributed by atoms with Crippen LogP contribution in [-0.4, -0.2) is 73.3 Å². The van der Waals surface area contributed by atoms with Crippen molar-refractivity contribution < 1.29 is 33.0 Å². The number of piperazine rings is 1. The molecule has 5 rings (SSSR count). The number of hydrogen-bond acceptors (Lipinski definition) is 8. The first-order valence-corrected chi connectivity index (χ1v) is 11.7. The number of ketones is 2. The van der Waals surface area contributed by atoms with Gasteiger partial charge in [-0.25, -0.2) is 0 Å². The zero-order valence-electron chi connectivity index (χ0n) is 19.6. The number of ether oxygens (including phenoxy) is 3. The molecule has 1 aromatic heterocycles. The van der Waals surface area contributed by atoms with E-state index in [0.29, 0.717) is 44.1 Å². The maximum absolute atomic E-state index is 13.6. The summed E-state index contributed by atoms with van der Waals surface area (Å²) in [5, 5.41) is 0.126. The summed E-state index contributed by atoms with van der Waals surface area (Å²) >= 11 is 6.44. The third kappa shape index (κ3) is 3.48. The number of benzene rings is 1. The second-order valence-electron chi connectivity index (χ2n) is 8.83. The molecule has 2 unspecified atom stereocenters. The van der Waals surface area contributed by atoms with E-state index in [0.717, 1.165) is 5.70 Å². The maximum atomic E-state index is 13.6. The summed E-state index contributed by atoms with van der Waals surface area (Å²) in [5.41, 5.74) is -0.728. The molecule has 2 atom stereocenters. The van der Waals surface area contributed by atoms with Crippen molar-refractivity contribution in [3.05, 3.63) is 52.6 Å². The minimum absolute atomic E-state index is 0.106. The molecule has 184 valence electrons. The predicted molar refractivity (Wildman–Crippen MR) is 125 cm³/mol. The maximum Gasteiger partial charge on any atom is 0.289 e. The minimum atomic E-state index is -1.70. The Bertz CT molecular complexity index is 1230. The predicted octanol–water partition coefficient (Wildman–Crippen LogP) is 3.21. The van der Waals surface area contributed by atoms with Crippen molar-refractivity contribution in [3.8, 4) is 17.2 Å². The van der Waals surface area contributed by atoms with E-state index >= 15 is 0 Å². The number of Topliss-reactive ketones (excluding diaryl/α,β-unsaturated/α-hetero) is 1. The third-order valence-corrected chi connectivity index (χ3v) is 7.35. The van der Waals surface area contributed by atoms with Crippen LogP contribution in [0.1, 0.15) is 34.3 Å². The fraction of sp³-hybridized carbons (Fsp3) is 0.400. The molecule has 0 N–H and O–H groups in total. The van der Waals surface area contributed by atoms with Crippen molar-refractivity contribution in [1.82, 2.24) is 9.80 Å². The van der Waals surface area contributed by atoms with Gasteiger partial charge >= 0.3 is 0 Å². The Morgan fingerprint density at radius 2 is 1.86 bits per heavy atom. The molecule has 9 nitrogen and oxygen atoms in total. The van der Waals surface area contributed by atoms with Gasteiger partial charge in [0.05, 0.1) is 20.5 Å². The van der Waals surface area contributed by atoms with E-state index in [-0.39, 0.29) is 28.0 Å².